The van der Waals surface area contributed by atoms with Crippen molar-refractivity contribution in [2.75, 3.05) is 0 Å². The number of phenols is 16. The third-order valence-electron chi connectivity index (χ3n) is 20.9. The summed E-state index contributed by atoms with van der Waals surface area (Å²) in [6, 6.07) is 20.7. The van der Waals surface area contributed by atoms with Crippen LogP contribution < -0.4 is 0 Å². The van der Waals surface area contributed by atoms with Gasteiger partial charge in [0.1, 0.15) is 92.0 Å². The van der Waals surface area contributed by atoms with Crippen molar-refractivity contribution in [3.05, 3.63) is 185 Å². The first-order valence-electron chi connectivity index (χ1n) is 34.9. The predicted octanol–water partition coefficient (Wildman–Crippen LogP) is 18.6. The number of fused-ring (bicyclic) bond motifs is 16. The van der Waals surface area contributed by atoms with E-state index in [1.807, 2.05) is 55.4 Å². The minimum Gasteiger partial charge on any atom is -0.508 e. The topological polar surface area (TPSA) is 324 Å². The van der Waals surface area contributed by atoms with Crippen LogP contribution in [-0.2, 0) is 6.42 Å². The van der Waals surface area contributed by atoms with E-state index in [0.717, 1.165) is 0 Å². The van der Waals surface area contributed by atoms with Crippen LogP contribution in [0.1, 0.15) is 306 Å². The highest BCUT2D eigenvalue weighted by atomic mass is 16.3. The highest BCUT2D eigenvalue weighted by Crippen LogP contribution is 2.58. The van der Waals surface area contributed by atoms with Crippen molar-refractivity contribution in [1.82, 2.24) is 0 Å². The summed E-state index contributed by atoms with van der Waals surface area (Å²) in [4.78, 5) is 0. The molecule has 8 unspecified atom stereocenters. The third kappa shape index (κ3) is 13.0. The maximum atomic E-state index is 13.5. The monoisotopic (exact) mass is 1320 g/mol. The van der Waals surface area contributed by atoms with Gasteiger partial charge in [0.25, 0.3) is 0 Å². The maximum absolute atomic E-state index is 13.5. The Bertz CT molecular complexity index is 3730. The molecular weight excluding hydrogens is 1230 g/mol. The summed E-state index contributed by atoms with van der Waals surface area (Å²) < 4.78 is 0. The SMILES string of the molecule is CCCC1c2cc(c(O)cc2O)C(CCC)c2cc(c(O)cc2O)C(CCC)c2cc(c(O)c(Cc3c(O)c4cc(c3O)C(CCC)c3cc(c(O)cc3O)C(CCC)c3cc(c(O)cc3O)C(CCC)c3cc(c(O)cc3O)C4CCC)c2O)C(CCC)c2cc1c(O)cc2O. The van der Waals surface area contributed by atoms with Gasteiger partial charge in [0.15, 0.2) is 0 Å². The van der Waals surface area contributed by atoms with E-state index in [4.69, 9.17) is 0 Å². The van der Waals surface area contributed by atoms with Gasteiger partial charge in [0, 0.05) is 190 Å². The van der Waals surface area contributed by atoms with Gasteiger partial charge < -0.3 is 81.7 Å². The van der Waals surface area contributed by atoms with Crippen molar-refractivity contribution in [3.8, 4) is 92.0 Å². The van der Waals surface area contributed by atoms with E-state index in [1.54, 1.807) is 48.5 Å². The Kier molecular flexibility index (Phi) is 21.1. The molecule has 0 amide bonds. The molecule has 16 bridgehead atoms. The first-order chi connectivity index (χ1) is 46.4. The summed E-state index contributed by atoms with van der Waals surface area (Å²) in [7, 11) is 0. The van der Waals surface area contributed by atoms with Crippen molar-refractivity contribution >= 4 is 0 Å². The summed E-state index contributed by atoms with van der Waals surface area (Å²) in [5.74, 6) is -12.1. The molecule has 0 spiro atoms. The molecule has 0 saturated carbocycles. The van der Waals surface area contributed by atoms with Gasteiger partial charge in [-0.25, -0.2) is 0 Å². The lowest BCUT2D eigenvalue weighted by Crippen LogP contribution is -2.13. The fourth-order valence-corrected chi connectivity index (χ4v) is 16.3. The molecule has 8 atom stereocenters. The van der Waals surface area contributed by atoms with Gasteiger partial charge in [-0.3, -0.25) is 0 Å². The van der Waals surface area contributed by atoms with Crippen LogP contribution in [0.25, 0.3) is 0 Å². The Morgan fingerprint density at radius 1 is 0.175 bits per heavy atom. The van der Waals surface area contributed by atoms with E-state index >= 15 is 0 Å². The van der Waals surface area contributed by atoms with Gasteiger partial charge in [-0.05, 0) is 99.9 Å². The first-order valence-corrected chi connectivity index (χ1v) is 34.9. The predicted molar refractivity (Wildman–Crippen MR) is 375 cm³/mol. The molecule has 0 heterocycles. The quantitative estimate of drug-likeness (QED) is 0.0380. The Labute approximate surface area is 568 Å². The summed E-state index contributed by atoms with van der Waals surface area (Å²) in [5, 5.41) is 199. The van der Waals surface area contributed by atoms with Crippen molar-refractivity contribution in [2.45, 2.75) is 212 Å². The average molecular weight is 1330 g/mol. The van der Waals surface area contributed by atoms with Gasteiger partial charge in [-0.15, -0.1) is 0 Å². The van der Waals surface area contributed by atoms with Gasteiger partial charge in [0.05, 0.1) is 0 Å². The zero-order valence-corrected chi connectivity index (χ0v) is 56.9. The summed E-state index contributed by atoms with van der Waals surface area (Å²) in [6.45, 7) is 15.5. The minimum atomic E-state index is -0.933. The minimum absolute atomic E-state index is 0.185. The van der Waals surface area contributed by atoms with Gasteiger partial charge in [-0.1, -0.05) is 107 Å². The van der Waals surface area contributed by atoms with E-state index in [0.29, 0.717) is 122 Å². The molecule has 8 aromatic rings. The average Bonchev–Trinajstić information content (AvgIpc) is 0.749. The Morgan fingerprint density at radius 2 is 0.289 bits per heavy atom. The maximum Gasteiger partial charge on any atom is 0.126 e. The van der Waals surface area contributed by atoms with Crippen LogP contribution in [0.5, 0.6) is 92.0 Å². The van der Waals surface area contributed by atoms with Crippen molar-refractivity contribution in [2.24, 2.45) is 0 Å². The number of aromatic hydroxyl groups is 16. The summed E-state index contributed by atoms with van der Waals surface area (Å²) in [6.07, 6.45) is 5.91. The normalized spacial score (nSPS) is 19.1. The summed E-state index contributed by atoms with van der Waals surface area (Å²) >= 11 is 0. The van der Waals surface area contributed by atoms with E-state index in [2.05, 4.69) is 0 Å². The molecule has 0 fully saturated rings. The van der Waals surface area contributed by atoms with Crippen LogP contribution in [0.15, 0.2) is 84.9 Å². The van der Waals surface area contributed by atoms with Crippen molar-refractivity contribution in [3.63, 3.8) is 0 Å². The summed E-state index contributed by atoms with van der Waals surface area (Å²) in [5.41, 5.74) is 4.18. The molecule has 10 rings (SSSR count). The van der Waals surface area contributed by atoms with Crippen LogP contribution >= 0.6 is 0 Å². The lowest BCUT2D eigenvalue weighted by molar-refractivity contribution is 0.411. The standard InChI is InChI=1S/C81H96O16/c1-9-17-40-48-25-49(67(83)34-66(48)82)41(18-10-2)53-28-57(75(91)37-71(53)87)45(22-14-6)61-31-60(44(21-13-5)56-27-52(40)70(86)36-74(56)90)78(94)64(79(61)95)33-65-80(96)62-32-63(81(65)97)47(24-16-8)59-30-55(73(89)39-77(59)93)43(20-12-4)51-26-50(68(84)35-69(51)85)42(19-11-3)54-29-58(46(62)23-15-7)76(92)38-72(54)88/h25-32,34-47,82-97H,9-24,33H2,1-8H3. The van der Waals surface area contributed by atoms with Gasteiger partial charge in [-0.2, -0.15) is 0 Å². The number of hydrogen-bond donors (Lipinski definition) is 16. The fraction of sp³-hybridized carbons (Fsp3) is 0.407. The number of rotatable bonds is 18. The van der Waals surface area contributed by atoms with E-state index in [1.165, 1.54) is 36.4 Å². The molecule has 97 heavy (non-hydrogen) atoms. The molecule has 16 N–H and O–H groups in total. The second-order valence-electron chi connectivity index (χ2n) is 27.2. The molecule has 0 radical (unpaired) electrons. The highest BCUT2D eigenvalue weighted by molar-refractivity contribution is 5.69. The van der Waals surface area contributed by atoms with Crippen molar-refractivity contribution < 1.29 is 81.7 Å². The second-order valence-corrected chi connectivity index (χ2v) is 27.2. The Morgan fingerprint density at radius 3 is 0.412 bits per heavy atom. The molecule has 16 nitrogen and oxygen atoms in total. The number of phenolic OH excluding ortho intramolecular Hbond substituents is 16. The molecule has 8 aromatic carbocycles. The molecule has 2 aliphatic rings. The molecule has 0 aromatic heterocycles. The molecule has 0 saturated heterocycles. The van der Waals surface area contributed by atoms with E-state index in [-0.39, 0.29) is 150 Å². The lowest BCUT2D eigenvalue weighted by atomic mass is 9.75. The lowest BCUT2D eigenvalue weighted by Gasteiger charge is -2.31. The molecule has 516 valence electrons. The molecule has 0 aliphatic heterocycles. The van der Waals surface area contributed by atoms with Crippen LogP contribution in [0, 0.1) is 0 Å². The largest absolute Gasteiger partial charge is 0.508 e. The molecular formula is C81H96O16. The van der Waals surface area contributed by atoms with Gasteiger partial charge >= 0.3 is 0 Å². The second kappa shape index (κ2) is 29.1. The zero-order chi connectivity index (χ0) is 70.2. The van der Waals surface area contributed by atoms with Crippen LogP contribution in [0.2, 0.25) is 0 Å². The smallest absolute Gasteiger partial charge is 0.126 e. The van der Waals surface area contributed by atoms with E-state index < -0.39 is 76.8 Å². The Balaban J connectivity index is 1.34. The van der Waals surface area contributed by atoms with Crippen LogP contribution in [-0.4, -0.2) is 81.7 Å². The highest BCUT2D eigenvalue weighted by Gasteiger charge is 2.38. The van der Waals surface area contributed by atoms with Crippen LogP contribution in [0.3, 0.4) is 0 Å². The third-order valence-corrected chi connectivity index (χ3v) is 20.9. The van der Waals surface area contributed by atoms with Gasteiger partial charge in [0.2, 0.25) is 0 Å². The van der Waals surface area contributed by atoms with Crippen LogP contribution in [0.4, 0.5) is 0 Å². The fourth-order valence-electron chi connectivity index (χ4n) is 16.3. The number of benzene rings is 8. The molecule has 16 heteroatoms. The Hall–Kier alpha value is -9.44. The zero-order valence-electron chi connectivity index (χ0n) is 56.9. The number of hydrogen-bond acceptors (Lipinski definition) is 16. The van der Waals surface area contributed by atoms with E-state index in [9.17, 15) is 81.7 Å². The molecule has 2 aliphatic carbocycles. The van der Waals surface area contributed by atoms with Crippen molar-refractivity contribution in [1.29, 1.82) is 0 Å². The first kappa shape index (κ1) is 70.4.